The molecule has 1 atom stereocenters. The Morgan fingerprint density at radius 2 is 2.05 bits per heavy atom. The molecule has 0 fully saturated rings. The van der Waals surface area contributed by atoms with Gasteiger partial charge < -0.3 is 10.5 Å². The van der Waals surface area contributed by atoms with Gasteiger partial charge in [-0.15, -0.1) is 0 Å². The second-order valence-electron chi connectivity index (χ2n) is 5.54. The van der Waals surface area contributed by atoms with Gasteiger partial charge in [-0.1, -0.05) is 30.7 Å². The molecule has 112 valence electrons. The van der Waals surface area contributed by atoms with Gasteiger partial charge in [0.15, 0.2) is 0 Å². The number of ether oxygens (including phenoxy) is 1. The summed E-state index contributed by atoms with van der Waals surface area (Å²) in [4.78, 5) is 4.37. The standard InChI is InChI=1S/C18H24N2O/c1-4-16(19)11-15-10-13(2)7-8-18(15)21-12-17-14(3)6-5-9-20-17/h5-10,16H,4,11-12,19H2,1-3H3. The third-order valence-corrected chi connectivity index (χ3v) is 3.70. The summed E-state index contributed by atoms with van der Waals surface area (Å²) in [5, 5.41) is 0. The van der Waals surface area contributed by atoms with Crippen LogP contribution in [0, 0.1) is 13.8 Å². The lowest BCUT2D eigenvalue weighted by atomic mass is 10.0. The van der Waals surface area contributed by atoms with E-state index in [1.807, 2.05) is 12.1 Å². The Hall–Kier alpha value is -1.87. The minimum absolute atomic E-state index is 0.172. The smallest absolute Gasteiger partial charge is 0.130 e. The first-order valence-corrected chi connectivity index (χ1v) is 7.48. The van der Waals surface area contributed by atoms with Crippen LogP contribution in [0.5, 0.6) is 5.75 Å². The van der Waals surface area contributed by atoms with E-state index in [1.54, 1.807) is 6.20 Å². The molecule has 0 saturated heterocycles. The number of nitrogens with zero attached hydrogens (tertiary/aromatic N) is 1. The van der Waals surface area contributed by atoms with E-state index in [1.165, 1.54) is 11.1 Å². The molecule has 3 heteroatoms. The molecule has 2 N–H and O–H groups in total. The fourth-order valence-electron chi connectivity index (χ4n) is 2.25. The van der Waals surface area contributed by atoms with Gasteiger partial charge in [0.1, 0.15) is 12.4 Å². The largest absolute Gasteiger partial charge is 0.487 e. The zero-order valence-electron chi connectivity index (χ0n) is 13.1. The third kappa shape index (κ3) is 4.30. The molecule has 2 aromatic rings. The highest BCUT2D eigenvalue weighted by Crippen LogP contribution is 2.23. The van der Waals surface area contributed by atoms with Crippen LogP contribution in [-0.2, 0) is 13.0 Å². The fraction of sp³-hybridized carbons (Fsp3) is 0.389. The maximum Gasteiger partial charge on any atom is 0.130 e. The molecule has 2 rings (SSSR count). The van der Waals surface area contributed by atoms with Crippen molar-refractivity contribution in [1.82, 2.24) is 4.98 Å². The lowest BCUT2D eigenvalue weighted by molar-refractivity contribution is 0.296. The molecule has 0 aliphatic rings. The van der Waals surface area contributed by atoms with Crippen molar-refractivity contribution < 1.29 is 4.74 Å². The maximum absolute atomic E-state index is 6.09. The van der Waals surface area contributed by atoms with Gasteiger partial charge in [-0.05, 0) is 49.9 Å². The topological polar surface area (TPSA) is 48.1 Å². The molecule has 1 unspecified atom stereocenters. The van der Waals surface area contributed by atoms with Crippen molar-refractivity contribution in [1.29, 1.82) is 0 Å². The molecule has 0 radical (unpaired) electrons. The van der Waals surface area contributed by atoms with Gasteiger partial charge in [-0.25, -0.2) is 0 Å². The summed E-state index contributed by atoms with van der Waals surface area (Å²) in [6.45, 7) is 6.74. The molecule has 0 bridgehead atoms. The molecule has 1 aromatic carbocycles. The van der Waals surface area contributed by atoms with Gasteiger partial charge >= 0.3 is 0 Å². The Bertz CT molecular complexity index is 596. The van der Waals surface area contributed by atoms with Crippen molar-refractivity contribution in [2.24, 2.45) is 5.73 Å². The number of pyridine rings is 1. The highest BCUT2D eigenvalue weighted by molar-refractivity contribution is 5.37. The predicted molar refractivity (Wildman–Crippen MR) is 86.5 cm³/mol. The van der Waals surface area contributed by atoms with Crippen LogP contribution in [0.2, 0.25) is 0 Å². The average Bonchev–Trinajstić information content (AvgIpc) is 2.48. The van der Waals surface area contributed by atoms with Crippen LogP contribution in [0.25, 0.3) is 0 Å². The van der Waals surface area contributed by atoms with E-state index in [2.05, 4.69) is 44.0 Å². The molecule has 0 amide bonds. The van der Waals surface area contributed by atoms with E-state index in [0.29, 0.717) is 6.61 Å². The number of nitrogens with two attached hydrogens (primary N) is 1. The maximum atomic E-state index is 6.09. The normalized spacial score (nSPS) is 12.2. The van der Waals surface area contributed by atoms with E-state index in [0.717, 1.165) is 29.8 Å². The molecule has 1 aromatic heterocycles. The SMILES string of the molecule is CCC(N)Cc1cc(C)ccc1OCc1ncccc1C. The zero-order valence-corrected chi connectivity index (χ0v) is 13.1. The van der Waals surface area contributed by atoms with Gasteiger partial charge in [0, 0.05) is 12.2 Å². The minimum Gasteiger partial charge on any atom is -0.487 e. The second-order valence-corrected chi connectivity index (χ2v) is 5.54. The van der Waals surface area contributed by atoms with Gasteiger partial charge in [0.2, 0.25) is 0 Å². The van der Waals surface area contributed by atoms with Crippen molar-refractivity contribution in [2.45, 2.75) is 46.3 Å². The van der Waals surface area contributed by atoms with Crippen molar-refractivity contribution >= 4 is 0 Å². The summed E-state index contributed by atoms with van der Waals surface area (Å²) < 4.78 is 5.99. The summed E-state index contributed by atoms with van der Waals surface area (Å²) in [6.07, 6.45) is 3.61. The van der Waals surface area contributed by atoms with Crippen molar-refractivity contribution in [3.05, 3.63) is 58.9 Å². The summed E-state index contributed by atoms with van der Waals surface area (Å²) in [7, 11) is 0. The second kappa shape index (κ2) is 7.23. The fourth-order valence-corrected chi connectivity index (χ4v) is 2.25. The number of hydrogen-bond donors (Lipinski definition) is 1. The lowest BCUT2D eigenvalue weighted by Gasteiger charge is -2.15. The predicted octanol–water partition coefficient (Wildman–Crippen LogP) is 3.56. The highest BCUT2D eigenvalue weighted by Gasteiger charge is 2.09. The molecule has 3 nitrogen and oxygen atoms in total. The van der Waals surface area contributed by atoms with Crippen LogP contribution < -0.4 is 10.5 Å². The molecular formula is C18H24N2O. The Kier molecular flexibility index (Phi) is 5.34. The molecule has 0 aliphatic heterocycles. The summed E-state index contributed by atoms with van der Waals surface area (Å²) in [5.41, 5.74) is 10.6. The third-order valence-electron chi connectivity index (χ3n) is 3.70. The first-order valence-electron chi connectivity index (χ1n) is 7.48. The van der Waals surface area contributed by atoms with Gasteiger partial charge in [0.05, 0.1) is 5.69 Å². The molecule has 0 spiro atoms. The summed E-state index contributed by atoms with van der Waals surface area (Å²) in [6, 6.07) is 10.4. The molecule has 21 heavy (non-hydrogen) atoms. The van der Waals surface area contributed by atoms with Gasteiger partial charge in [-0.3, -0.25) is 4.98 Å². The molecule has 0 aliphatic carbocycles. The number of aryl methyl sites for hydroxylation is 2. The first kappa shape index (κ1) is 15.5. The Morgan fingerprint density at radius 1 is 1.24 bits per heavy atom. The van der Waals surface area contributed by atoms with Crippen LogP contribution in [0.15, 0.2) is 36.5 Å². The Balaban J connectivity index is 2.14. The molecule has 0 saturated carbocycles. The van der Waals surface area contributed by atoms with E-state index in [9.17, 15) is 0 Å². The van der Waals surface area contributed by atoms with E-state index >= 15 is 0 Å². The average molecular weight is 284 g/mol. The van der Waals surface area contributed by atoms with Crippen molar-refractivity contribution in [3.63, 3.8) is 0 Å². The quantitative estimate of drug-likeness (QED) is 0.882. The highest BCUT2D eigenvalue weighted by atomic mass is 16.5. The number of benzene rings is 1. The van der Waals surface area contributed by atoms with E-state index in [-0.39, 0.29) is 6.04 Å². The van der Waals surface area contributed by atoms with Crippen LogP contribution in [0.3, 0.4) is 0 Å². The summed E-state index contributed by atoms with van der Waals surface area (Å²) >= 11 is 0. The van der Waals surface area contributed by atoms with Crippen LogP contribution in [0.1, 0.15) is 35.7 Å². The first-order chi connectivity index (χ1) is 10.1. The van der Waals surface area contributed by atoms with Crippen molar-refractivity contribution in [3.8, 4) is 5.75 Å². The minimum atomic E-state index is 0.172. The van der Waals surface area contributed by atoms with Crippen LogP contribution in [-0.4, -0.2) is 11.0 Å². The van der Waals surface area contributed by atoms with E-state index in [4.69, 9.17) is 10.5 Å². The van der Waals surface area contributed by atoms with E-state index < -0.39 is 0 Å². The Labute approximate surface area is 127 Å². The number of hydrogen-bond acceptors (Lipinski definition) is 3. The summed E-state index contributed by atoms with van der Waals surface area (Å²) in [5.74, 6) is 0.912. The van der Waals surface area contributed by atoms with Crippen LogP contribution >= 0.6 is 0 Å². The van der Waals surface area contributed by atoms with Crippen LogP contribution in [0.4, 0.5) is 0 Å². The van der Waals surface area contributed by atoms with Crippen molar-refractivity contribution in [2.75, 3.05) is 0 Å². The molecule has 1 heterocycles. The number of rotatable bonds is 6. The lowest BCUT2D eigenvalue weighted by Crippen LogP contribution is -2.21. The monoisotopic (exact) mass is 284 g/mol. The zero-order chi connectivity index (χ0) is 15.2. The number of aromatic nitrogens is 1. The van der Waals surface area contributed by atoms with Gasteiger partial charge in [-0.2, -0.15) is 0 Å². The Morgan fingerprint density at radius 3 is 2.76 bits per heavy atom. The molecular weight excluding hydrogens is 260 g/mol. The van der Waals surface area contributed by atoms with Gasteiger partial charge in [0.25, 0.3) is 0 Å².